The maximum Gasteiger partial charge on any atom is 0.0962 e. The summed E-state index contributed by atoms with van der Waals surface area (Å²) >= 11 is 3.65. The van der Waals surface area contributed by atoms with Crippen LogP contribution < -0.4 is 0 Å². The third-order valence-electron chi connectivity index (χ3n) is 0.365. The number of aliphatic hydroxyl groups is 1. The fourth-order valence-electron chi connectivity index (χ4n) is 0. The van der Waals surface area contributed by atoms with Crippen molar-refractivity contribution in [2.45, 2.75) is 18.8 Å². The Kier molecular flexibility index (Phi) is 2.70. The zero-order valence-electron chi connectivity index (χ0n) is 3.18. The molecule has 1 N–H and O–H groups in total. The Morgan fingerprint density at radius 2 is 2.20 bits per heavy atom. The average Bonchev–Trinajstić information content (AvgIpc) is 1.38. The Labute approximate surface area is 37.4 Å². The van der Waals surface area contributed by atoms with Crippen LogP contribution in [-0.2, 0) is 0 Å². The Bertz CT molecular complexity index is 20.9. The van der Waals surface area contributed by atoms with Crippen LogP contribution >= 0.6 is 12.6 Å². The summed E-state index contributed by atoms with van der Waals surface area (Å²) < 4.78 is 0. The number of aliphatic hydroxyl groups excluding tert-OH is 1. The molecule has 5 heavy (non-hydrogen) atoms. The minimum absolute atomic E-state index is 0.421. The lowest BCUT2D eigenvalue weighted by Crippen LogP contribution is -1.88. The maximum absolute atomic E-state index is 8.23. The van der Waals surface area contributed by atoms with Crippen LogP contribution in [0.2, 0.25) is 0 Å². The Morgan fingerprint density at radius 1 is 2.00 bits per heavy atom. The summed E-state index contributed by atoms with van der Waals surface area (Å²) in [5.74, 6) is 0. The van der Waals surface area contributed by atoms with Gasteiger partial charge in [0.1, 0.15) is 0 Å². The van der Waals surface area contributed by atoms with Crippen LogP contribution in [0.4, 0.5) is 0 Å². The first kappa shape index (κ1) is 5.31. The van der Waals surface area contributed by atoms with Gasteiger partial charge in [-0.05, 0) is 6.42 Å². The van der Waals surface area contributed by atoms with Crippen molar-refractivity contribution in [1.82, 2.24) is 0 Å². The molecule has 0 aromatic heterocycles. The highest BCUT2D eigenvalue weighted by atomic mass is 32.1. The Hall–Kier alpha value is 0.310. The Morgan fingerprint density at radius 3 is 2.20 bits per heavy atom. The molecule has 2 heteroatoms. The van der Waals surface area contributed by atoms with Gasteiger partial charge in [0, 0.05) is 0 Å². The van der Waals surface area contributed by atoms with E-state index in [2.05, 4.69) is 12.6 Å². The third kappa shape index (κ3) is 4.31. The van der Waals surface area contributed by atoms with E-state index in [1.54, 1.807) is 0 Å². The fourth-order valence-corrected chi connectivity index (χ4v) is 0. The molecular formula is C3H8OS. The molecule has 0 aromatic rings. The number of hydrogen-bond acceptors (Lipinski definition) is 2. The second-order valence-corrected chi connectivity index (χ2v) is 1.48. The minimum atomic E-state index is -0.421. The topological polar surface area (TPSA) is 20.2 Å². The monoisotopic (exact) mass is 92.0 g/mol. The van der Waals surface area contributed by atoms with E-state index in [9.17, 15) is 0 Å². The standard InChI is InChI=1S/C3H8OS/c1-2-3(4)5/h3-5H,2H2,1H3/t3-/m1/s1. The van der Waals surface area contributed by atoms with Crippen molar-refractivity contribution in [2.75, 3.05) is 0 Å². The summed E-state index contributed by atoms with van der Waals surface area (Å²) in [6, 6.07) is 0. The first-order valence-corrected chi connectivity index (χ1v) is 2.15. The van der Waals surface area contributed by atoms with E-state index in [1.165, 1.54) is 0 Å². The van der Waals surface area contributed by atoms with Gasteiger partial charge in [-0.25, -0.2) is 0 Å². The smallest absolute Gasteiger partial charge is 0.0962 e. The zero-order valence-corrected chi connectivity index (χ0v) is 4.07. The van der Waals surface area contributed by atoms with Crippen LogP contribution in [0.3, 0.4) is 0 Å². The molecule has 1 atom stereocenters. The molecule has 0 rings (SSSR count). The molecule has 1 nitrogen and oxygen atoms in total. The molecule has 0 aliphatic carbocycles. The lowest BCUT2D eigenvalue weighted by atomic mass is 10.5. The number of thiol groups is 1. The van der Waals surface area contributed by atoms with E-state index in [0.717, 1.165) is 6.42 Å². The van der Waals surface area contributed by atoms with Crippen molar-refractivity contribution < 1.29 is 5.11 Å². The summed E-state index contributed by atoms with van der Waals surface area (Å²) in [5, 5.41) is 8.23. The van der Waals surface area contributed by atoms with E-state index >= 15 is 0 Å². The molecule has 0 aliphatic heterocycles. The van der Waals surface area contributed by atoms with Crippen LogP contribution in [0.15, 0.2) is 0 Å². The van der Waals surface area contributed by atoms with Gasteiger partial charge in [0.2, 0.25) is 0 Å². The molecule has 0 unspecified atom stereocenters. The average molecular weight is 92.2 g/mol. The first-order chi connectivity index (χ1) is 2.27. The molecule has 0 aliphatic rings. The predicted molar refractivity (Wildman–Crippen MR) is 25.3 cm³/mol. The van der Waals surface area contributed by atoms with E-state index < -0.39 is 5.44 Å². The quantitative estimate of drug-likeness (QED) is 0.359. The zero-order chi connectivity index (χ0) is 4.28. The van der Waals surface area contributed by atoms with Gasteiger partial charge in [-0.15, -0.1) is 12.6 Å². The predicted octanol–water partition coefficient (Wildman–Crippen LogP) is 0.645. The van der Waals surface area contributed by atoms with Crippen LogP contribution in [0.5, 0.6) is 0 Å². The van der Waals surface area contributed by atoms with Crippen molar-refractivity contribution in [3.05, 3.63) is 0 Å². The molecule has 0 radical (unpaired) electrons. The molecule has 32 valence electrons. The normalized spacial score (nSPS) is 15.0. The summed E-state index contributed by atoms with van der Waals surface area (Å²) in [6.07, 6.45) is 0.725. The minimum Gasteiger partial charge on any atom is -0.383 e. The molecule has 0 amide bonds. The van der Waals surface area contributed by atoms with Crippen LogP contribution in [0.1, 0.15) is 13.3 Å². The Balaban J connectivity index is 2.54. The van der Waals surface area contributed by atoms with E-state index in [1.807, 2.05) is 6.92 Å². The molecule has 0 heterocycles. The van der Waals surface area contributed by atoms with E-state index in [-0.39, 0.29) is 0 Å². The molecule has 0 spiro atoms. The van der Waals surface area contributed by atoms with Gasteiger partial charge in [-0.1, -0.05) is 6.92 Å². The van der Waals surface area contributed by atoms with Crippen molar-refractivity contribution in [3.8, 4) is 0 Å². The lowest BCUT2D eigenvalue weighted by Gasteiger charge is -1.89. The van der Waals surface area contributed by atoms with Gasteiger partial charge >= 0.3 is 0 Å². The van der Waals surface area contributed by atoms with Gasteiger partial charge in [0.05, 0.1) is 5.44 Å². The fraction of sp³-hybridized carbons (Fsp3) is 1.00. The van der Waals surface area contributed by atoms with E-state index in [0.29, 0.717) is 0 Å². The van der Waals surface area contributed by atoms with Crippen LogP contribution in [0, 0.1) is 0 Å². The summed E-state index contributed by atoms with van der Waals surface area (Å²) in [5.41, 5.74) is -0.421. The highest BCUT2D eigenvalue weighted by molar-refractivity contribution is 7.80. The van der Waals surface area contributed by atoms with Crippen molar-refractivity contribution in [2.24, 2.45) is 0 Å². The number of rotatable bonds is 1. The lowest BCUT2D eigenvalue weighted by molar-refractivity contribution is 0.261. The second-order valence-electron chi connectivity index (χ2n) is 0.889. The summed E-state index contributed by atoms with van der Waals surface area (Å²) in [7, 11) is 0. The maximum atomic E-state index is 8.23. The van der Waals surface area contributed by atoms with Crippen molar-refractivity contribution in [1.29, 1.82) is 0 Å². The van der Waals surface area contributed by atoms with Gasteiger partial charge in [-0.3, -0.25) is 0 Å². The SMILES string of the molecule is CC[C@H](O)S. The number of hydrogen-bond donors (Lipinski definition) is 2. The molecular weight excluding hydrogens is 84.1 g/mol. The second kappa shape index (κ2) is 2.54. The van der Waals surface area contributed by atoms with E-state index in [4.69, 9.17) is 5.11 Å². The molecule has 0 saturated carbocycles. The molecule has 0 aromatic carbocycles. The summed E-state index contributed by atoms with van der Waals surface area (Å²) in [6.45, 7) is 1.87. The van der Waals surface area contributed by atoms with Gasteiger partial charge in [0.25, 0.3) is 0 Å². The molecule has 0 saturated heterocycles. The summed E-state index contributed by atoms with van der Waals surface area (Å²) in [4.78, 5) is 0. The first-order valence-electron chi connectivity index (χ1n) is 1.63. The highest BCUT2D eigenvalue weighted by Gasteiger charge is 1.82. The van der Waals surface area contributed by atoms with Gasteiger partial charge in [-0.2, -0.15) is 0 Å². The third-order valence-corrected chi connectivity index (χ3v) is 0.730. The largest absolute Gasteiger partial charge is 0.383 e. The van der Waals surface area contributed by atoms with Crippen molar-refractivity contribution in [3.63, 3.8) is 0 Å². The van der Waals surface area contributed by atoms with Crippen molar-refractivity contribution >= 4 is 12.6 Å². The van der Waals surface area contributed by atoms with Gasteiger partial charge in [0.15, 0.2) is 0 Å². The van der Waals surface area contributed by atoms with Gasteiger partial charge < -0.3 is 5.11 Å². The van der Waals surface area contributed by atoms with Crippen LogP contribution in [0.25, 0.3) is 0 Å². The molecule has 0 fully saturated rings. The molecule has 0 bridgehead atoms. The highest BCUT2D eigenvalue weighted by Crippen LogP contribution is 1.90. The van der Waals surface area contributed by atoms with Crippen LogP contribution in [-0.4, -0.2) is 10.5 Å².